The smallest absolute Gasteiger partial charge is 0.309 e. The molecule has 0 spiro atoms. The molecule has 0 aliphatic rings. The van der Waals surface area contributed by atoms with Crippen LogP contribution in [-0.4, -0.2) is 19.6 Å². The van der Waals surface area contributed by atoms with Crippen LogP contribution in [0.3, 0.4) is 0 Å². The highest BCUT2D eigenvalue weighted by atomic mass is 32.1. The van der Waals surface area contributed by atoms with Crippen molar-refractivity contribution in [3.05, 3.63) is 22.4 Å². The van der Waals surface area contributed by atoms with Gasteiger partial charge in [0.2, 0.25) is 0 Å². The first-order chi connectivity index (χ1) is 7.15. The van der Waals surface area contributed by atoms with Gasteiger partial charge in [0.05, 0.1) is 13.0 Å². The molecule has 84 valence electrons. The van der Waals surface area contributed by atoms with E-state index in [-0.39, 0.29) is 17.9 Å². The van der Waals surface area contributed by atoms with E-state index in [2.05, 4.69) is 28.4 Å². The second-order valence-electron chi connectivity index (χ2n) is 3.57. The number of carbonyl (C=O) groups excluding carboxylic acids is 1. The topological polar surface area (TPSA) is 38.3 Å². The summed E-state index contributed by atoms with van der Waals surface area (Å²) in [5.41, 5.74) is 0. The monoisotopic (exact) mass is 227 g/mol. The van der Waals surface area contributed by atoms with Crippen LogP contribution in [0.25, 0.3) is 0 Å². The minimum Gasteiger partial charge on any atom is -0.469 e. The molecular formula is C11H17NO2S. The fourth-order valence-electron chi connectivity index (χ4n) is 1.28. The van der Waals surface area contributed by atoms with Gasteiger partial charge in [-0.05, 0) is 18.4 Å². The maximum atomic E-state index is 11.2. The number of hydrogen-bond donors (Lipinski definition) is 1. The average molecular weight is 227 g/mol. The number of nitrogens with one attached hydrogen (secondary N) is 1. The third-order valence-corrected chi connectivity index (χ3v) is 3.36. The highest BCUT2D eigenvalue weighted by Gasteiger charge is 2.14. The zero-order valence-corrected chi connectivity index (χ0v) is 10.1. The standard InChI is InChI=1S/C11H17NO2S/c1-8(11(13)14-3)7-12-9(2)10-5-4-6-15-10/h4-6,8-9,12H,7H2,1-3H3/t8?,9-/m0/s1. The van der Waals surface area contributed by atoms with Crippen molar-refractivity contribution in [3.8, 4) is 0 Å². The van der Waals surface area contributed by atoms with Gasteiger partial charge in [0.25, 0.3) is 0 Å². The predicted octanol–water partition coefficient (Wildman–Crippen LogP) is 2.21. The summed E-state index contributed by atoms with van der Waals surface area (Å²) >= 11 is 1.72. The van der Waals surface area contributed by atoms with Crippen LogP contribution in [-0.2, 0) is 9.53 Å². The van der Waals surface area contributed by atoms with E-state index in [4.69, 9.17) is 0 Å². The van der Waals surface area contributed by atoms with Crippen molar-refractivity contribution in [2.45, 2.75) is 19.9 Å². The lowest BCUT2D eigenvalue weighted by Gasteiger charge is -2.15. The van der Waals surface area contributed by atoms with E-state index in [0.717, 1.165) is 0 Å². The van der Waals surface area contributed by atoms with Crippen molar-refractivity contribution < 1.29 is 9.53 Å². The van der Waals surface area contributed by atoms with Gasteiger partial charge in [-0.15, -0.1) is 11.3 Å². The van der Waals surface area contributed by atoms with Crippen molar-refractivity contribution in [2.75, 3.05) is 13.7 Å². The van der Waals surface area contributed by atoms with Crippen molar-refractivity contribution >= 4 is 17.3 Å². The van der Waals surface area contributed by atoms with Crippen LogP contribution in [0.15, 0.2) is 17.5 Å². The molecule has 3 nitrogen and oxygen atoms in total. The van der Waals surface area contributed by atoms with E-state index in [1.54, 1.807) is 11.3 Å². The van der Waals surface area contributed by atoms with Gasteiger partial charge in [-0.25, -0.2) is 0 Å². The van der Waals surface area contributed by atoms with Gasteiger partial charge in [0.15, 0.2) is 0 Å². The van der Waals surface area contributed by atoms with Crippen LogP contribution >= 0.6 is 11.3 Å². The Morgan fingerprint density at radius 1 is 1.60 bits per heavy atom. The summed E-state index contributed by atoms with van der Waals surface area (Å²) < 4.78 is 4.66. The summed E-state index contributed by atoms with van der Waals surface area (Å²) in [6.07, 6.45) is 0. The normalized spacial score (nSPS) is 14.6. The van der Waals surface area contributed by atoms with Crippen molar-refractivity contribution in [3.63, 3.8) is 0 Å². The van der Waals surface area contributed by atoms with E-state index < -0.39 is 0 Å². The Bertz CT molecular complexity index is 298. The molecule has 2 atom stereocenters. The van der Waals surface area contributed by atoms with Gasteiger partial charge >= 0.3 is 5.97 Å². The first kappa shape index (κ1) is 12.2. The molecule has 0 aliphatic heterocycles. The molecule has 1 N–H and O–H groups in total. The molecule has 0 bridgehead atoms. The molecule has 0 aliphatic carbocycles. The lowest BCUT2D eigenvalue weighted by atomic mass is 10.1. The molecular weight excluding hydrogens is 210 g/mol. The number of thiophene rings is 1. The maximum absolute atomic E-state index is 11.2. The SMILES string of the molecule is COC(=O)C(C)CN[C@@H](C)c1cccs1. The summed E-state index contributed by atoms with van der Waals surface area (Å²) in [6.45, 7) is 4.60. The second kappa shape index (κ2) is 5.88. The third kappa shape index (κ3) is 3.64. The number of ether oxygens (including phenoxy) is 1. The van der Waals surface area contributed by atoms with Crippen LogP contribution in [0.4, 0.5) is 0 Å². The summed E-state index contributed by atoms with van der Waals surface area (Å²) in [6, 6.07) is 4.41. The van der Waals surface area contributed by atoms with Crippen LogP contribution in [0, 0.1) is 5.92 Å². The Morgan fingerprint density at radius 3 is 2.87 bits per heavy atom. The highest BCUT2D eigenvalue weighted by Crippen LogP contribution is 2.18. The van der Waals surface area contributed by atoms with Crippen molar-refractivity contribution in [2.24, 2.45) is 5.92 Å². The molecule has 4 heteroatoms. The van der Waals surface area contributed by atoms with Crippen molar-refractivity contribution in [1.82, 2.24) is 5.32 Å². The van der Waals surface area contributed by atoms with Crippen LogP contribution in [0.2, 0.25) is 0 Å². The largest absolute Gasteiger partial charge is 0.469 e. The van der Waals surface area contributed by atoms with E-state index in [1.807, 2.05) is 13.0 Å². The Hall–Kier alpha value is -0.870. The van der Waals surface area contributed by atoms with Gasteiger partial charge in [-0.2, -0.15) is 0 Å². The highest BCUT2D eigenvalue weighted by molar-refractivity contribution is 7.10. The molecule has 1 rings (SSSR count). The first-order valence-corrected chi connectivity index (χ1v) is 5.87. The predicted molar refractivity (Wildman–Crippen MR) is 61.9 cm³/mol. The summed E-state index contributed by atoms with van der Waals surface area (Å²) in [5, 5.41) is 5.36. The van der Waals surface area contributed by atoms with E-state index in [0.29, 0.717) is 6.54 Å². The number of rotatable bonds is 5. The maximum Gasteiger partial charge on any atom is 0.309 e. The fraction of sp³-hybridized carbons (Fsp3) is 0.545. The zero-order valence-electron chi connectivity index (χ0n) is 9.32. The molecule has 1 aromatic heterocycles. The number of esters is 1. The number of carbonyl (C=O) groups is 1. The summed E-state index contributed by atoms with van der Waals surface area (Å²) in [7, 11) is 1.42. The van der Waals surface area contributed by atoms with Crippen LogP contribution < -0.4 is 5.32 Å². The fourth-order valence-corrected chi connectivity index (χ4v) is 2.04. The average Bonchev–Trinajstić information content (AvgIpc) is 2.77. The quantitative estimate of drug-likeness (QED) is 0.784. The minimum atomic E-state index is -0.166. The molecule has 1 heterocycles. The lowest BCUT2D eigenvalue weighted by molar-refractivity contribution is -0.144. The number of methoxy groups -OCH3 is 1. The molecule has 0 saturated carbocycles. The molecule has 1 aromatic rings. The second-order valence-corrected chi connectivity index (χ2v) is 4.55. The Morgan fingerprint density at radius 2 is 2.33 bits per heavy atom. The molecule has 0 saturated heterocycles. The third-order valence-electron chi connectivity index (χ3n) is 2.30. The minimum absolute atomic E-state index is 0.0996. The van der Waals surface area contributed by atoms with Gasteiger partial charge in [-0.3, -0.25) is 4.79 Å². The summed E-state index contributed by atoms with van der Waals surface area (Å²) in [5.74, 6) is -0.265. The molecule has 1 unspecified atom stereocenters. The summed E-state index contributed by atoms with van der Waals surface area (Å²) in [4.78, 5) is 12.4. The van der Waals surface area contributed by atoms with Crippen molar-refractivity contribution in [1.29, 1.82) is 0 Å². The van der Waals surface area contributed by atoms with Gasteiger partial charge < -0.3 is 10.1 Å². The van der Waals surface area contributed by atoms with Crippen LogP contribution in [0.1, 0.15) is 24.8 Å². The zero-order chi connectivity index (χ0) is 11.3. The van der Waals surface area contributed by atoms with E-state index >= 15 is 0 Å². The Labute approximate surface area is 94.5 Å². The van der Waals surface area contributed by atoms with Gasteiger partial charge in [0.1, 0.15) is 0 Å². The molecule has 0 radical (unpaired) electrons. The lowest BCUT2D eigenvalue weighted by Crippen LogP contribution is -2.28. The first-order valence-electron chi connectivity index (χ1n) is 4.99. The Balaban J connectivity index is 2.34. The molecule has 0 aromatic carbocycles. The van der Waals surface area contributed by atoms with Crippen LogP contribution in [0.5, 0.6) is 0 Å². The van der Waals surface area contributed by atoms with E-state index in [1.165, 1.54) is 12.0 Å². The molecule has 0 fully saturated rings. The molecule has 15 heavy (non-hydrogen) atoms. The number of hydrogen-bond acceptors (Lipinski definition) is 4. The Kier molecular flexibility index (Phi) is 4.78. The molecule has 0 amide bonds. The van der Waals surface area contributed by atoms with Gasteiger partial charge in [-0.1, -0.05) is 13.0 Å². The van der Waals surface area contributed by atoms with E-state index in [9.17, 15) is 4.79 Å². The van der Waals surface area contributed by atoms with Gasteiger partial charge in [0, 0.05) is 17.5 Å².